The Morgan fingerprint density at radius 1 is 0.861 bits per heavy atom. The van der Waals surface area contributed by atoms with Crippen molar-refractivity contribution < 1.29 is 19.1 Å². The third-order valence-corrected chi connectivity index (χ3v) is 5.89. The zero-order valence-electron chi connectivity index (χ0n) is 19.6. The van der Waals surface area contributed by atoms with Gasteiger partial charge in [-0.25, -0.2) is 4.79 Å². The largest absolute Gasteiger partial charge is 0.467 e. The molecule has 182 valence electrons. The maximum absolute atomic E-state index is 14.0. The van der Waals surface area contributed by atoms with E-state index in [1.165, 1.54) is 12.0 Å². The summed E-state index contributed by atoms with van der Waals surface area (Å²) in [5.41, 5.74) is 7.99. The third kappa shape index (κ3) is 5.67. The van der Waals surface area contributed by atoms with Crippen molar-refractivity contribution in [3.63, 3.8) is 0 Å². The van der Waals surface area contributed by atoms with E-state index in [-0.39, 0.29) is 12.0 Å². The highest BCUT2D eigenvalue weighted by molar-refractivity contribution is 6.30. The van der Waals surface area contributed by atoms with Crippen molar-refractivity contribution >= 4 is 34.9 Å². The molecule has 6 nitrogen and oxygen atoms in total. The lowest BCUT2D eigenvalue weighted by molar-refractivity contribution is -0.142. The lowest BCUT2D eigenvalue weighted by atomic mass is 10.0. The predicted molar refractivity (Wildman–Crippen MR) is 142 cm³/mol. The quantitative estimate of drug-likeness (QED) is 0.232. The summed E-state index contributed by atoms with van der Waals surface area (Å²) >= 11 is 6.02. The number of halogens is 1. The Labute approximate surface area is 214 Å². The molecule has 0 unspecified atom stereocenters. The van der Waals surface area contributed by atoms with Crippen molar-refractivity contribution in [2.75, 3.05) is 17.7 Å². The van der Waals surface area contributed by atoms with Crippen LogP contribution in [0.1, 0.15) is 15.9 Å². The standard InChI is InChI=1S/C29H25ClN2O4/c1-35-29(34)26(19-20-9-3-2-4-10-20)32(28(33)23-11-5-6-12-24(23)31)25-13-7-8-14-27(25)36-22-17-15-21(30)16-18-22/h2-18,26H,19,31H2,1H3/t26-/m0/s1. The number of para-hydroxylation sites is 3. The Morgan fingerprint density at radius 2 is 1.50 bits per heavy atom. The molecule has 4 aromatic carbocycles. The number of methoxy groups -OCH3 is 1. The molecule has 0 aliphatic carbocycles. The highest BCUT2D eigenvalue weighted by atomic mass is 35.5. The van der Waals surface area contributed by atoms with E-state index >= 15 is 0 Å². The number of carbonyl (C=O) groups excluding carboxylic acids is 2. The number of benzene rings is 4. The van der Waals surface area contributed by atoms with Crippen LogP contribution in [0, 0.1) is 0 Å². The second kappa shape index (κ2) is 11.4. The molecule has 0 aromatic heterocycles. The van der Waals surface area contributed by atoms with Gasteiger partial charge in [-0.05, 0) is 54.1 Å². The molecule has 0 aliphatic heterocycles. The van der Waals surface area contributed by atoms with Gasteiger partial charge in [-0.3, -0.25) is 9.69 Å². The number of nitrogens with two attached hydrogens (primary N) is 1. The fourth-order valence-corrected chi connectivity index (χ4v) is 3.99. The van der Waals surface area contributed by atoms with Crippen molar-refractivity contribution in [3.05, 3.63) is 119 Å². The summed E-state index contributed by atoms with van der Waals surface area (Å²) < 4.78 is 11.3. The number of anilines is 2. The summed E-state index contributed by atoms with van der Waals surface area (Å²) in [5.74, 6) is -0.115. The molecule has 4 aromatic rings. The van der Waals surface area contributed by atoms with Crippen LogP contribution in [0.4, 0.5) is 11.4 Å². The molecule has 0 aliphatic rings. The molecule has 0 saturated heterocycles. The number of nitrogen functional groups attached to an aromatic ring is 1. The molecule has 0 fully saturated rings. The first-order valence-corrected chi connectivity index (χ1v) is 11.7. The smallest absolute Gasteiger partial charge is 0.329 e. The van der Waals surface area contributed by atoms with E-state index in [1.807, 2.05) is 30.3 Å². The average Bonchev–Trinajstić information content (AvgIpc) is 2.91. The topological polar surface area (TPSA) is 81.9 Å². The van der Waals surface area contributed by atoms with Crippen molar-refractivity contribution in [1.82, 2.24) is 0 Å². The van der Waals surface area contributed by atoms with Crippen LogP contribution in [0.25, 0.3) is 0 Å². The van der Waals surface area contributed by atoms with Gasteiger partial charge < -0.3 is 15.2 Å². The van der Waals surface area contributed by atoms with Gasteiger partial charge in [-0.2, -0.15) is 0 Å². The Bertz CT molecular complexity index is 1340. The van der Waals surface area contributed by atoms with Gasteiger partial charge in [0.05, 0.1) is 18.4 Å². The highest BCUT2D eigenvalue weighted by Gasteiger charge is 2.35. The molecule has 0 radical (unpaired) electrons. The number of esters is 1. The van der Waals surface area contributed by atoms with Crippen molar-refractivity contribution in [2.24, 2.45) is 0 Å². The second-order valence-corrected chi connectivity index (χ2v) is 8.45. The van der Waals surface area contributed by atoms with E-state index < -0.39 is 17.9 Å². The Hall–Kier alpha value is -4.29. The molecule has 4 rings (SSSR count). The van der Waals surface area contributed by atoms with Gasteiger partial charge in [0, 0.05) is 17.1 Å². The number of amides is 1. The number of hydrogen-bond acceptors (Lipinski definition) is 5. The molecule has 0 heterocycles. The second-order valence-electron chi connectivity index (χ2n) is 8.01. The highest BCUT2D eigenvalue weighted by Crippen LogP contribution is 2.36. The number of nitrogens with zero attached hydrogens (tertiary/aromatic N) is 1. The minimum absolute atomic E-state index is 0.223. The average molecular weight is 501 g/mol. The van der Waals surface area contributed by atoms with E-state index in [4.69, 9.17) is 26.8 Å². The van der Waals surface area contributed by atoms with Gasteiger partial charge >= 0.3 is 5.97 Å². The summed E-state index contributed by atoms with van der Waals surface area (Å²) in [6.45, 7) is 0. The summed E-state index contributed by atoms with van der Waals surface area (Å²) in [6.07, 6.45) is 0.223. The Kier molecular flexibility index (Phi) is 7.88. The number of hydrogen-bond donors (Lipinski definition) is 1. The lowest BCUT2D eigenvalue weighted by Gasteiger charge is -2.32. The van der Waals surface area contributed by atoms with E-state index in [9.17, 15) is 9.59 Å². The van der Waals surface area contributed by atoms with E-state index in [2.05, 4.69) is 0 Å². The van der Waals surface area contributed by atoms with Crippen LogP contribution in [0.5, 0.6) is 11.5 Å². The van der Waals surface area contributed by atoms with E-state index in [0.29, 0.717) is 27.9 Å². The first-order valence-electron chi connectivity index (χ1n) is 11.3. The molecule has 1 amide bonds. The fourth-order valence-electron chi connectivity index (χ4n) is 3.87. The van der Waals surface area contributed by atoms with Gasteiger partial charge in [0.15, 0.2) is 5.75 Å². The van der Waals surface area contributed by atoms with Gasteiger partial charge in [0.2, 0.25) is 0 Å². The third-order valence-electron chi connectivity index (χ3n) is 5.63. The van der Waals surface area contributed by atoms with E-state index in [1.54, 1.807) is 72.8 Å². The summed E-state index contributed by atoms with van der Waals surface area (Å²) in [7, 11) is 1.30. The molecule has 7 heteroatoms. The normalized spacial score (nSPS) is 11.4. The van der Waals surface area contributed by atoms with Crippen LogP contribution in [-0.2, 0) is 16.0 Å². The van der Waals surface area contributed by atoms with Gasteiger partial charge in [-0.15, -0.1) is 0 Å². The SMILES string of the molecule is COC(=O)[C@H](Cc1ccccc1)N(C(=O)c1ccccc1N)c1ccccc1Oc1ccc(Cl)cc1. The number of ether oxygens (including phenoxy) is 2. The summed E-state index contributed by atoms with van der Waals surface area (Å²) in [4.78, 5) is 28.6. The van der Waals surface area contributed by atoms with Crippen LogP contribution in [0.3, 0.4) is 0 Å². The zero-order chi connectivity index (χ0) is 25.5. The molecular weight excluding hydrogens is 476 g/mol. The van der Waals surface area contributed by atoms with Crippen LogP contribution < -0.4 is 15.4 Å². The van der Waals surface area contributed by atoms with Crippen LogP contribution in [0.2, 0.25) is 5.02 Å². The zero-order valence-corrected chi connectivity index (χ0v) is 20.4. The molecule has 36 heavy (non-hydrogen) atoms. The molecular formula is C29H25ClN2O4. The van der Waals surface area contributed by atoms with Crippen LogP contribution in [0.15, 0.2) is 103 Å². The Morgan fingerprint density at radius 3 is 2.19 bits per heavy atom. The molecule has 1 atom stereocenters. The molecule has 0 saturated carbocycles. The van der Waals surface area contributed by atoms with Gasteiger partial charge in [0.1, 0.15) is 11.8 Å². The first kappa shape index (κ1) is 24.8. The summed E-state index contributed by atoms with van der Waals surface area (Å²) in [6, 6.07) is 29.1. The number of rotatable bonds is 8. The first-order chi connectivity index (χ1) is 17.5. The number of carbonyl (C=O) groups is 2. The maximum atomic E-state index is 14.0. The van der Waals surface area contributed by atoms with Crippen LogP contribution >= 0.6 is 11.6 Å². The summed E-state index contributed by atoms with van der Waals surface area (Å²) in [5, 5.41) is 0.570. The van der Waals surface area contributed by atoms with Crippen molar-refractivity contribution in [1.29, 1.82) is 0 Å². The fraction of sp³-hybridized carbons (Fsp3) is 0.103. The van der Waals surface area contributed by atoms with Gasteiger partial charge in [0.25, 0.3) is 5.91 Å². The monoisotopic (exact) mass is 500 g/mol. The minimum Gasteiger partial charge on any atom is -0.467 e. The van der Waals surface area contributed by atoms with Gasteiger partial charge in [-0.1, -0.05) is 66.2 Å². The molecule has 2 N–H and O–H groups in total. The molecule has 0 bridgehead atoms. The molecule has 0 spiro atoms. The van der Waals surface area contributed by atoms with E-state index in [0.717, 1.165) is 5.56 Å². The Balaban J connectivity index is 1.85. The lowest BCUT2D eigenvalue weighted by Crippen LogP contribution is -2.47. The van der Waals surface area contributed by atoms with Crippen molar-refractivity contribution in [2.45, 2.75) is 12.5 Å². The maximum Gasteiger partial charge on any atom is 0.329 e. The van der Waals surface area contributed by atoms with Crippen molar-refractivity contribution in [3.8, 4) is 11.5 Å². The van der Waals surface area contributed by atoms with Crippen LogP contribution in [-0.4, -0.2) is 25.0 Å². The predicted octanol–water partition coefficient (Wildman–Crippen LogP) is 6.15. The minimum atomic E-state index is -0.987.